The molecule has 0 aliphatic carbocycles. The fraction of sp³-hybridized carbons (Fsp3) is 0.889. The molecule has 0 unspecified atom stereocenters. The number of hydrogen-bond acceptors (Lipinski definition) is 2. The van der Waals surface area contributed by atoms with Crippen LogP contribution in [0.1, 0.15) is 19.3 Å². The van der Waals surface area contributed by atoms with Crippen molar-refractivity contribution in [3.8, 4) is 0 Å². The Labute approximate surface area is 81.4 Å². The average Bonchev–Trinajstić information content (AvgIpc) is 2.59. The van der Waals surface area contributed by atoms with Gasteiger partial charge in [-0.2, -0.15) is 0 Å². The normalized spacial score (nSPS) is 32.1. The molecule has 0 radical (unpaired) electrons. The molecule has 0 aromatic heterocycles. The lowest BCUT2D eigenvalue weighted by Crippen LogP contribution is -2.38. The van der Waals surface area contributed by atoms with Crippen LogP contribution in [0.3, 0.4) is 0 Å². The van der Waals surface area contributed by atoms with Crippen LogP contribution >= 0.6 is 0 Å². The monoisotopic (exact) mass is 204 g/mol. The number of carbonyl (C=O) groups excluding carboxylic acids is 1. The smallest absolute Gasteiger partial charge is 0.261 e. The van der Waals surface area contributed by atoms with Gasteiger partial charge in [-0.3, -0.25) is 9.69 Å². The second-order valence-electron chi connectivity index (χ2n) is 4.14. The van der Waals surface area contributed by atoms with Gasteiger partial charge in [-0.05, 0) is 6.42 Å². The fourth-order valence-corrected chi connectivity index (χ4v) is 2.09. The first-order valence-electron chi connectivity index (χ1n) is 4.95. The number of nitrogens with one attached hydrogen (secondary N) is 1. The molecular formula is C9H14F2N2O. The predicted octanol–water partition coefficient (Wildman–Crippen LogP) is 0.606. The van der Waals surface area contributed by atoms with E-state index in [-0.39, 0.29) is 24.9 Å². The molecule has 1 amide bonds. The van der Waals surface area contributed by atoms with E-state index in [0.29, 0.717) is 19.5 Å². The Kier molecular flexibility index (Phi) is 2.43. The largest absolute Gasteiger partial charge is 0.352 e. The lowest BCUT2D eigenvalue weighted by atomic mass is 10.2. The molecule has 3 nitrogen and oxygen atoms in total. The molecule has 2 aliphatic heterocycles. The quantitative estimate of drug-likeness (QED) is 0.714. The van der Waals surface area contributed by atoms with Crippen molar-refractivity contribution in [3.63, 3.8) is 0 Å². The second-order valence-corrected chi connectivity index (χ2v) is 4.14. The number of halogens is 2. The van der Waals surface area contributed by atoms with E-state index in [1.54, 1.807) is 4.90 Å². The van der Waals surface area contributed by atoms with Crippen molar-refractivity contribution in [2.75, 3.05) is 19.6 Å². The highest BCUT2D eigenvalue weighted by Gasteiger charge is 2.39. The standard InChI is InChI=1S/C9H14F2N2O/c10-9(11)3-4-13(6-9)5-7-1-2-8(14)12-7/h7H,1-6H2,(H,12,14)/t7-/m0/s1. The summed E-state index contributed by atoms with van der Waals surface area (Å²) in [6, 6.07) is 0.0800. The van der Waals surface area contributed by atoms with Crippen molar-refractivity contribution >= 4 is 5.91 Å². The molecule has 2 aliphatic rings. The summed E-state index contributed by atoms with van der Waals surface area (Å²) in [4.78, 5) is 12.6. The van der Waals surface area contributed by atoms with Crippen LogP contribution in [0.15, 0.2) is 0 Å². The Morgan fingerprint density at radius 1 is 1.57 bits per heavy atom. The van der Waals surface area contributed by atoms with E-state index in [2.05, 4.69) is 5.32 Å². The van der Waals surface area contributed by atoms with Crippen LogP contribution in [0.2, 0.25) is 0 Å². The third-order valence-electron chi connectivity index (χ3n) is 2.81. The van der Waals surface area contributed by atoms with Crippen LogP contribution in [-0.4, -0.2) is 42.4 Å². The highest BCUT2D eigenvalue weighted by Crippen LogP contribution is 2.27. The van der Waals surface area contributed by atoms with Crippen LogP contribution in [0.4, 0.5) is 8.78 Å². The van der Waals surface area contributed by atoms with Gasteiger partial charge in [-0.25, -0.2) is 8.78 Å². The van der Waals surface area contributed by atoms with Crippen LogP contribution in [0.25, 0.3) is 0 Å². The van der Waals surface area contributed by atoms with Gasteiger partial charge in [0.2, 0.25) is 5.91 Å². The first kappa shape index (κ1) is 9.83. The minimum absolute atomic E-state index is 0.0426. The lowest BCUT2D eigenvalue weighted by molar-refractivity contribution is -0.119. The molecule has 1 N–H and O–H groups in total. The Balaban J connectivity index is 1.79. The Bertz CT molecular complexity index is 245. The summed E-state index contributed by atoms with van der Waals surface area (Å²) in [7, 11) is 0. The van der Waals surface area contributed by atoms with Gasteiger partial charge in [-0.1, -0.05) is 0 Å². The summed E-state index contributed by atoms with van der Waals surface area (Å²) in [6.45, 7) is 0.861. The molecule has 2 heterocycles. The SMILES string of the molecule is O=C1CC[C@@H](CN2CCC(F)(F)C2)N1. The summed E-state index contributed by atoms with van der Waals surface area (Å²) in [5.41, 5.74) is 0. The first-order chi connectivity index (χ1) is 6.55. The minimum Gasteiger partial charge on any atom is -0.352 e. The lowest BCUT2D eigenvalue weighted by Gasteiger charge is -2.19. The van der Waals surface area contributed by atoms with E-state index in [0.717, 1.165) is 6.42 Å². The fourth-order valence-electron chi connectivity index (χ4n) is 2.09. The number of amides is 1. The van der Waals surface area contributed by atoms with E-state index < -0.39 is 5.92 Å². The molecule has 0 aromatic rings. The zero-order valence-electron chi connectivity index (χ0n) is 7.93. The Morgan fingerprint density at radius 3 is 2.86 bits per heavy atom. The van der Waals surface area contributed by atoms with Crippen LogP contribution in [0, 0.1) is 0 Å². The Morgan fingerprint density at radius 2 is 2.36 bits per heavy atom. The molecule has 1 atom stereocenters. The third-order valence-corrected chi connectivity index (χ3v) is 2.81. The van der Waals surface area contributed by atoms with Crippen molar-refractivity contribution in [1.29, 1.82) is 0 Å². The number of rotatable bonds is 2. The molecular weight excluding hydrogens is 190 g/mol. The summed E-state index contributed by atoms with van der Waals surface area (Å²) in [5.74, 6) is -2.48. The van der Waals surface area contributed by atoms with Gasteiger partial charge in [0.1, 0.15) is 0 Å². The number of hydrogen-bond donors (Lipinski definition) is 1. The number of likely N-dealkylation sites (tertiary alicyclic amines) is 1. The second kappa shape index (κ2) is 3.46. The zero-order valence-corrected chi connectivity index (χ0v) is 7.93. The number of nitrogens with zero attached hydrogens (tertiary/aromatic N) is 1. The van der Waals surface area contributed by atoms with Crippen molar-refractivity contribution in [2.45, 2.75) is 31.2 Å². The number of alkyl halides is 2. The van der Waals surface area contributed by atoms with E-state index in [1.807, 2.05) is 0 Å². The molecule has 2 rings (SSSR count). The summed E-state index contributed by atoms with van der Waals surface area (Å²) in [5, 5.41) is 2.78. The minimum atomic E-state index is -2.53. The third kappa shape index (κ3) is 2.20. The molecule has 80 valence electrons. The molecule has 14 heavy (non-hydrogen) atoms. The molecule has 0 bridgehead atoms. The molecule has 2 fully saturated rings. The highest BCUT2D eigenvalue weighted by atomic mass is 19.3. The summed E-state index contributed by atoms with van der Waals surface area (Å²) >= 11 is 0. The topological polar surface area (TPSA) is 32.3 Å². The van der Waals surface area contributed by atoms with Crippen LogP contribution in [-0.2, 0) is 4.79 Å². The van der Waals surface area contributed by atoms with Crippen LogP contribution in [0.5, 0.6) is 0 Å². The molecule has 5 heteroatoms. The van der Waals surface area contributed by atoms with Gasteiger partial charge in [0.25, 0.3) is 5.92 Å². The van der Waals surface area contributed by atoms with Gasteiger partial charge in [0.05, 0.1) is 6.54 Å². The van der Waals surface area contributed by atoms with Crippen molar-refractivity contribution in [3.05, 3.63) is 0 Å². The predicted molar refractivity (Wildman–Crippen MR) is 47.2 cm³/mol. The van der Waals surface area contributed by atoms with E-state index in [1.165, 1.54) is 0 Å². The van der Waals surface area contributed by atoms with Crippen molar-refractivity contribution in [1.82, 2.24) is 10.2 Å². The molecule has 0 aromatic carbocycles. The molecule has 0 saturated carbocycles. The maximum atomic E-state index is 12.8. The van der Waals surface area contributed by atoms with Crippen molar-refractivity contribution in [2.24, 2.45) is 0 Å². The van der Waals surface area contributed by atoms with Crippen LogP contribution < -0.4 is 5.32 Å². The maximum Gasteiger partial charge on any atom is 0.261 e. The summed E-state index contributed by atoms with van der Waals surface area (Å²) < 4.78 is 25.6. The van der Waals surface area contributed by atoms with Gasteiger partial charge in [0, 0.05) is 32.0 Å². The van der Waals surface area contributed by atoms with Gasteiger partial charge in [0.15, 0.2) is 0 Å². The maximum absolute atomic E-state index is 12.8. The van der Waals surface area contributed by atoms with Crippen molar-refractivity contribution < 1.29 is 13.6 Å². The van der Waals surface area contributed by atoms with Gasteiger partial charge < -0.3 is 5.32 Å². The average molecular weight is 204 g/mol. The zero-order chi connectivity index (χ0) is 10.2. The molecule has 0 spiro atoms. The van der Waals surface area contributed by atoms with E-state index in [4.69, 9.17) is 0 Å². The Hall–Kier alpha value is -0.710. The molecule has 2 saturated heterocycles. The number of carbonyl (C=O) groups is 1. The van der Waals surface area contributed by atoms with Gasteiger partial charge >= 0.3 is 0 Å². The van der Waals surface area contributed by atoms with Gasteiger partial charge in [-0.15, -0.1) is 0 Å². The first-order valence-corrected chi connectivity index (χ1v) is 4.95. The van der Waals surface area contributed by atoms with E-state index >= 15 is 0 Å². The summed E-state index contributed by atoms with van der Waals surface area (Å²) in [6.07, 6.45) is 1.27. The highest BCUT2D eigenvalue weighted by molar-refractivity contribution is 5.78. The van der Waals surface area contributed by atoms with E-state index in [9.17, 15) is 13.6 Å².